The number of carboxylic acid groups (broad SMARTS) is 1. The number of amides is 1. The molecular formula is C19H17NO3S. The molecule has 122 valence electrons. The van der Waals surface area contributed by atoms with Crippen LogP contribution in [0.1, 0.15) is 28.5 Å². The molecule has 24 heavy (non-hydrogen) atoms. The average Bonchev–Trinajstić information content (AvgIpc) is 3.04. The Balaban J connectivity index is 1.64. The number of fused-ring (bicyclic) bond motifs is 2. The minimum atomic E-state index is -0.874. The molecule has 0 radical (unpaired) electrons. The SMILES string of the molecule is O=C(O)C1CN(C(=O)C2CSc3ccccc32)Cc2ccccc21. The van der Waals surface area contributed by atoms with E-state index in [4.69, 9.17) is 0 Å². The smallest absolute Gasteiger partial charge is 0.312 e. The first-order valence-corrected chi connectivity index (χ1v) is 8.95. The summed E-state index contributed by atoms with van der Waals surface area (Å²) in [5.74, 6) is -0.933. The maximum atomic E-state index is 13.1. The van der Waals surface area contributed by atoms with Crippen LogP contribution in [-0.4, -0.2) is 34.2 Å². The molecule has 1 N–H and O–H groups in total. The molecule has 2 aromatic rings. The second-order valence-electron chi connectivity index (χ2n) is 6.21. The fourth-order valence-electron chi connectivity index (χ4n) is 3.57. The van der Waals surface area contributed by atoms with Gasteiger partial charge in [0, 0.05) is 23.7 Å². The zero-order chi connectivity index (χ0) is 16.7. The number of benzene rings is 2. The van der Waals surface area contributed by atoms with Crippen molar-refractivity contribution in [3.05, 3.63) is 65.2 Å². The fraction of sp³-hybridized carbons (Fsp3) is 0.263. The Bertz CT molecular complexity index is 820. The van der Waals surface area contributed by atoms with E-state index in [1.165, 1.54) is 0 Å². The van der Waals surface area contributed by atoms with E-state index in [0.717, 1.165) is 27.3 Å². The molecule has 5 heteroatoms. The molecule has 0 saturated heterocycles. The Hall–Kier alpha value is -2.27. The lowest BCUT2D eigenvalue weighted by Crippen LogP contribution is -2.42. The van der Waals surface area contributed by atoms with E-state index < -0.39 is 11.9 Å². The largest absolute Gasteiger partial charge is 0.481 e. The van der Waals surface area contributed by atoms with E-state index in [2.05, 4.69) is 0 Å². The van der Waals surface area contributed by atoms with Crippen molar-refractivity contribution in [1.82, 2.24) is 4.90 Å². The van der Waals surface area contributed by atoms with Crippen LogP contribution in [0.2, 0.25) is 0 Å². The topological polar surface area (TPSA) is 57.6 Å². The molecule has 0 saturated carbocycles. The van der Waals surface area contributed by atoms with E-state index in [1.54, 1.807) is 16.7 Å². The standard InChI is InChI=1S/C19H17NO3S/c21-18(16-11-24-17-8-4-3-7-14(16)17)20-9-12-5-1-2-6-13(12)15(10-20)19(22)23/h1-8,15-16H,9-11H2,(H,22,23). The third-order valence-electron chi connectivity index (χ3n) is 4.80. The molecule has 2 unspecified atom stereocenters. The highest BCUT2D eigenvalue weighted by Crippen LogP contribution is 2.41. The number of thioether (sulfide) groups is 1. The van der Waals surface area contributed by atoms with Crippen LogP contribution in [0.15, 0.2) is 53.4 Å². The molecule has 4 rings (SSSR count). The van der Waals surface area contributed by atoms with E-state index in [0.29, 0.717) is 6.54 Å². The summed E-state index contributed by atoms with van der Waals surface area (Å²) in [7, 11) is 0. The fourth-order valence-corrected chi connectivity index (χ4v) is 4.79. The minimum absolute atomic E-state index is 0.0354. The van der Waals surface area contributed by atoms with Gasteiger partial charge in [-0.05, 0) is 22.8 Å². The van der Waals surface area contributed by atoms with Crippen molar-refractivity contribution in [2.75, 3.05) is 12.3 Å². The second-order valence-corrected chi connectivity index (χ2v) is 7.27. The van der Waals surface area contributed by atoms with Crippen LogP contribution < -0.4 is 0 Å². The van der Waals surface area contributed by atoms with Gasteiger partial charge in [-0.3, -0.25) is 9.59 Å². The van der Waals surface area contributed by atoms with Gasteiger partial charge in [0.1, 0.15) is 0 Å². The van der Waals surface area contributed by atoms with Crippen molar-refractivity contribution in [3.8, 4) is 0 Å². The van der Waals surface area contributed by atoms with Crippen LogP contribution in [0.3, 0.4) is 0 Å². The van der Waals surface area contributed by atoms with Crippen molar-refractivity contribution in [1.29, 1.82) is 0 Å². The molecule has 0 aromatic heterocycles. The Morgan fingerprint density at radius 1 is 1.00 bits per heavy atom. The predicted octanol–water partition coefficient (Wildman–Crippen LogP) is 3.09. The molecular weight excluding hydrogens is 322 g/mol. The first-order valence-electron chi connectivity index (χ1n) is 7.96. The number of carbonyl (C=O) groups is 2. The van der Waals surface area contributed by atoms with Gasteiger partial charge < -0.3 is 10.0 Å². The number of carbonyl (C=O) groups excluding carboxylic acids is 1. The van der Waals surface area contributed by atoms with E-state index in [1.807, 2.05) is 48.5 Å². The maximum Gasteiger partial charge on any atom is 0.312 e. The summed E-state index contributed by atoms with van der Waals surface area (Å²) in [5.41, 5.74) is 2.83. The molecule has 2 heterocycles. The van der Waals surface area contributed by atoms with Crippen LogP contribution in [0, 0.1) is 0 Å². The Kier molecular flexibility index (Phi) is 3.81. The van der Waals surface area contributed by atoms with Crippen molar-refractivity contribution in [3.63, 3.8) is 0 Å². The lowest BCUT2D eigenvalue weighted by molar-refractivity contribution is -0.141. The van der Waals surface area contributed by atoms with Gasteiger partial charge in [0.15, 0.2) is 0 Å². The van der Waals surface area contributed by atoms with Gasteiger partial charge in [0.25, 0.3) is 0 Å². The molecule has 0 spiro atoms. The molecule has 0 fully saturated rings. The van der Waals surface area contributed by atoms with Gasteiger partial charge in [-0.15, -0.1) is 11.8 Å². The normalized spacial score (nSPS) is 21.9. The number of hydrogen-bond donors (Lipinski definition) is 1. The molecule has 4 nitrogen and oxygen atoms in total. The van der Waals surface area contributed by atoms with Crippen molar-refractivity contribution >= 4 is 23.6 Å². The molecule has 1 amide bonds. The van der Waals surface area contributed by atoms with Crippen LogP contribution in [-0.2, 0) is 16.1 Å². The van der Waals surface area contributed by atoms with Gasteiger partial charge in [0.2, 0.25) is 5.91 Å². The average molecular weight is 339 g/mol. The Morgan fingerprint density at radius 2 is 1.71 bits per heavy atom. The quantitative estimate of drug-likeness (QED) is 0.913. The molecule has 2 aliphatic rings. The molecule has 2 aromatic carbocycles. The lowest BCUT2D eigenvalue weighted by atomic mass is 9.88. The monoisotopic (exact) mass is 339 g/mol. The molecule has 2 atom stereocenters. The summed E-state index contributed by atoms with van der Waals surface area (Å²) < 4.78 is 0. The van der Waals surface area contributed by atoms with Gasteiger partial charge in [-0.1, -0.05) is 42.5 Å². The number of rotatable bonds is 2. The maximum absolute atomic E-state index is 13.1. The van der Waals surface area contributed by atoms with E-state index in [-0.39, 0.29) is 18.4 Å². The minimum Gasteiger partial charge on any atom is -0.481 e. The van der Waals surface area contributed by atoms with Gasteiger partial charge >= 0.3 is 5.97 Å². The molecule has 2 aliphatic heterocycles. The first kappa shape index (κ1) is 15.3. The Labute approximate surface area is 144 Å². The van der Waals surface area contributed by atoms with Crippen LogP contribution in [0.25, 0.3) is 0 Å². The second kappa shape index (κ2) is 5.98. The first-order chi connectivity index (χ1) is 11.6. The van der Waals surface area contributed by atoms with E-state index >= 15 is 0 Å². The number of carboxylic acids is 1. The third-order valence-corrected chi connectivity index (χ3v) is 5.99. The summed E-state index contributed by atoms with van der Waals surface area (Å²) in [6.45, 7) is 0.733. The van der Waals surface area contributed by atoms with Gasteiger partial charge in [-0.2, -0.15) is 0 Å². The number of nitrogens with zero attached hydrogens (tertiary/aromatic N) is 1. The van der Waals surface area contributed by atoms with Crippen molar-refractivity contribution in [2.45, 2.75) is 23.3 Å². The van der Waals surface area contributed by atoms with Crippen molar-refractivity contribution < 1.29 is 14.7 Å². The molecule has 0 bridgehead atoms. The third kappa shape index (κ3) is 2.49. The highest BCUT2D eigenvalue weighted by molar-refractivity contribution is 7.99. The zero-order valence-electron chi connectivity index (χ0n) is 13.0. The van der Waals surface area contributed by atoms with Crippen LogP contribution in [0.4, 0.5) is 0 Å². The summed E-state index contributed by atoms with van der Waals surface area (Å²) in [6, 6.07) is 15.5. The summed E-state index contributed by atoms with van der Waals surface area (Å²) >= 11 is 1.70. The van der Waals surface area contributed by atoms with Gasteiger partial charge in [0.05, 0.1) is 11.8 Å². The Morgan fingerprint density at radius 3 is 2.50 bits per heavy atom. The number of hydrogen-bond acceptors (Lipinski definition) is 3. The van der Waals surface area contributed by atoms with Crippen molar-refractivity contribution in [2.24, 2.45) is 0 Å². The molecule has 0 aliphatic carbocycles. The summed E-state index contributed by atoms with van der Waals surface area (Å²) in [6.07, 6.45) is 0. The van der Waals surface area contributed by atoms with E-state index in [9.17, 15) is 14.7 Å². The lowest BCUT2D eigenvalue weighted by Gasteiger charge is -2.34. The summed E-state index contributed by atoms with van der Waals surface area (Å²) in [4.78, 5) is 27.6. The van der Waals surface area contributed by atoms with Crippen LogP contribution >= 0.6 is 11.8 Å². The highest BCUT2D eigenvalue weighted by atomic mass is 32.2. The van der Waals surface area contributed by atoms with Crippen LogP contribution in [0.5, 0.6) is 0 Å². The highest BCUT2D eigenvalue weighted by Gasteiger charge is 2.37. The zero-order valence-corrected chi connectivity index (χ0v) is 13.8. The predicted molar refractivity (Wildman–Crippen MR) is 92.1 cm³/mol. The summed E-state index contributed by atoms with van der Waals surface area (Å²) in [5, 5.41) is 9.57. The number of aliphatic carboxylic acids is 1. The van der Waals surface area contributed by atoms with Gasteiger partial charge in [-0.25, -0.2) is 0 Å².